The molecule has 3 rings (SSSR count). The van der Waals surface area contributed by atoms with Gasteiger partial charge < -0.3 is 20.7 Å². The zero-order valence-corrected chi connectivity index (χ0v) is 22.2. The van der Waals surface area contributed by atoms with E-state index in [1.807, 2.05) is 20.8 Å². The summed E-state index contributed by atoms with van der Waals surface area (Å²) in [6.45, 7) is 8.34. The zero-order valence-electron chi connectivity index (χ0n) is 20.7. The number of para-hydroxylation sites is 1. The van der Waals surface area contributed by atoms with Crippen LogP contribution in [0, 0.1) is 5.92 Å². The van der Waals surface area contributed by atoms with Crippen molar-refractivity contribution in [2.45, 2.75) is 40.2 Å². The molecule has 2 aromatic rings. The molecule has 0 spiro atoms. The summed E-state index contributed by atoms with van der Waals surface area (Å²) >= 11 is 12.3. The van der Waals surface area contributed by atoms with Gasteiger partial charge in [0.05, 0.1) is 34.0 Å². The lowest BCUT2D eigenvalue weighted by molar-refractivity contribution is -0.140. The molecule has 0 fully saturated rings. The van der Waals surface area contributed by atoms with Crippen molar-refractivity contribution in [3.63, 3.8) is 0 Å². The SMILES string of the molecule is CCCN1C(=O)NC(c2cccc(NC(=O)Nc3c(Cl)cccc3Cl)c2)C(C(=O)OCC(C)C)=C1C. The van der Waals surface area contributed by atoms with Crippen molar-refractivity contribution in [2.75, 3.05) is 23.8 Å². The average molecular weight is 533 g/mol. The molecule has 0 aliphatic carbocycles. The quantitative estimate of drug-likeness (QED) is 0.334. The van der Waals surface area contributed by atoms with E-state index >= 15 is 0 Å². The molecule has 0 radical (unpaired) electrons. The number of benzene rings is 2. The lowest BCUT2D eigenvalue weighted by Crippen LogP contribution is -2.48. The molecule has 192 valence electrons. The van der Waals surface area contributed by atoms with Gasteiger partial charge in [0.25, 0.3) is 0 Å². The molecule has 36 heavy (non-hydrogen) atoms. The number of nitrogens with one attached hydrogen (secondary N) is 3. The number of amides is 4. The number of ether oxygens (including phenoxy) is 1. The van der Waals surface area contributed by atoms with Gasteiger partial charge in [0.1, 0.15) is 0 Å². The molecule has 0 saturated carbocycles. The van der Waals surface area contributed by atoms with Crippen LogP contribution in [-0.2, 0) is 9.53 Å². The van der Waals surface area contributed by atoms with Crippen LogP contribution in [0.1, 0.15) is 45.7 Å². The fourth-order valence-electron chi connectivity index (χ4n) is 3.80. The van der Waals surface area contributed by atoms with Crippen LogP contribution >= 0.6 is 23.2 Å². The number of carbonyl (C=O) groups excluding carboxylic acids is 3. The maximum Gasteiger partial charge on any atom is 0.338 e. The minimum Gasteiger partial charge on any atom is -0.462 e. The third-order valence-electron chi connectivity index (χ3n) is 5.49. The van der Waals surface area contributed by atoms with Gasteiger partial charge in [0.15, 0.2) is 0 Å². The number of rotatable bonds is 8. The lowest BCUT2D eigenvalue weighted by atomic mass is 9.94. The molecule has 0 bridgehead atoms. The molecule has 1 atom stereocenters. The Hall–Kier alpha value is -3.23. The first kappa shape index (κ1) is 27.4. The predicted molar refractivity (Wildman–Crippen MR) is 142 cm³/mol. The number of hydrogen-bond acceptors (Lipinski definition) is 4. The summed E-state index contributed by atoms with van der Waals surface area (Å²) in [5.41, 5.74) is 2.26. The lowest BCUT2D eigenvalue weighted by Gasteiger charge is -2.35. The van der Waals surface area contributed by atoms with E-state index in [1.54, 1.807) is 54.3 Å². The number of allylic oxidation sites excluding steroid dienone is 1. The molecule has 1 aliphatic rings. The highest BCUT2D eigenvalue weighted by atomic mass is 35.5. The molecule has 0 aromatic heterocycles. The number of esters is 1. The van der Waals surface area contributed by atoms with Crippen LogP contribution in [0.2, 0.25) is 10.0 Å². The van der Waals surface area contributed by atoms with E-state index < -0.39 is 18.0 Å². The normalized spacial score (nSPS) is 15.6. The largest absolute Gasteiger partial charge is 0.462 e. The van der Waals surface area contributed by atoms with Gasteiger partial charge in [-0.05, 0) is 49.1 Å². The van der Waals surface area contributed by atoms with Crippen LogP contribution in [-0.4, -0.2) is 36.1 Å². The highest BCUT2D eigenvalue weighted by Gasteiger charge is 2.36. The molecule has 4 amide bonds. The van der Waals surface area contributed by atoms with Gasteiger partial charge in [0, 0.05) is 17.9 Å². The fraction of sp³-hybridized carbons (Fsp3) is 0.346. The molecule has 1 aliphatic heterocycles. The van der Waals surface area contributed by atoms with Crippen molar-refractivity contribution in [1.82, 2.24) is 10.2 Å². The monoisotopic (exact) mass is 532 g/mol. The van der Waals surface area contributed by atoms with E-state index in [-0.39, 0.29) is 18.6 Å². The Bertz CT molecular complexity index is 1160. The summed E-state index contributed by atoms with van der Waals surface area (Å²) in [7, 11) is 0. The molecular formula is C26H30Cl2N4O4. The maximum absolute atomic E-state index is 13.1. The highest BCUT2D eigenvalue weighted by molar-refractivity contribution is 6.39. The molecule has 3 N–H and O–H groups in total. The molecule has 2 aromatic carbocycles. The summed E-state index contributed by atoms with van der Waals surface area (Å²) in [4.78, 5) is 40.1. The van der Waals surface area contributed by atoms with E-state index in [0.717, 1.165) is 6.42 Å². The van der Waals surface area contributed by atoms with Gasteiger partial charge in [-0.25, -0.2) is 14.4 Å². The summed E-state index contributed by atoms with van der Waals surface area (Å²) in [6.07, 6.45) is 0.730. The Kier molecular flexibility index (Phi) is 9.23. The Morgan fingerprint density at radius 2 is 1.78 bits per heavy atom. The van der Waals surface area contributed by atoms with Crippen molar-refractivity contribution in [3.8, 4) is 0 Å². The van der Waals surface area contributed by atoms with Gasteiger partial charge in [-0.15, -0.1) is 0 Å². The van der Waals surface area contributed by atoms with Crippen LogP contribution < -0.4 is 16.0 Å². The molecule has 8 nitrogen and oxygen atoms in total. The second-order valence-corrected chi connectivity index (χ2v) is 9.64. The van der Waals surface area contributed by atoms with Gasteiger partial charge in [-0.3, -0.25) is 4.90 Å². The van der Waals surface area contributed by atoms with Crippen LogP contribution in [0.3, 0.4) is 0 Å². The van der Waals surface area contributed by atoms with E-state index in [0.29, 0.717) is 44.8 Å². The number of hydrogen-bond donors (Lipinski definition) is 3. The Morgan fingerprint density at radius 3 is 2.42 bits per heavy atom. The van der Waals surface area contributed by atoms with Crippen molar-refractivity contribution in [3.05, 3.63) is 69.3 Å². The first-order chi connectivity index (χ1) is 17.1. The van der Waals surface area contributed by atoms with Crippen LogP contribution in [0.15, 0.2) is 53.7 Å². The first-order valence-corrected chi connectivity index (χ1v) is 12.5. The van der Waals surface area contributed by atoms with Crippen molar-refractivity contribution in [1.29, 1.82) is 0 Å². The zero-order chi connectivity index (χ0) is 26.4. The number of nitrogens with zero attached hydrogens (tertiary/aromatic N) is 1. The molecule has 1 unspecified atom stereocenters. The third-order valence-corrected chi connectivity index (χ3v) is 6.12. The average Bonchev–Trinajstić information content (AvgIpc) is 2.82. The van der Waals surface area contributed by atoms with E-state index in [9.17, 15) is 14.4 Å². The van der Waals surface area contributed by atoms with Crippen LogP contribution in [0.4, 0.5) is 21.0 Å². The van der Waals surface area contributed by atoms with Gasteiger partial charge in [0.2, 0.25) is 0 Å². The van der Waals surface area contributed by atoms with E-state index in [2.05, 4.69) is 16.0 Å². The smallest absolute Gasteiger partial charge is 0.338 e. The summed E-state index contributed by atoms with van der Waals surface area (Å²) in [5.74, 6) is -0.326. The van der Waals surface area contributed by atoms with Crippen molar-refractivity contribution in [2.24, 2.45) is 5.92 Å². The summed E-state index contributed by atoms with van der Waals surface area (Å²) in [5, 5.41) is 8.90. The highest BCUT2D eigenvalue weighted by Crippen LogP contribution is 2.33. The van der Waals surface area contributed by atoms with E-state index in [4.69, 9.17) is 27.9 Å². The summed E-state index contributed by atoms with van der Waals surface area (Å²) < 4.78 is 5.53. The Morgan fingerprint density at radius 1 is 1.11 bits per heavy atom. The predicted octanol–water partition coefficient (Wildman–Crippen LogP) is 6.59. The Balaban J connectivity index is 1.88. The molecule has 0 saturated heterocycles. The van der Waals surface area contributed by atoms with Gasteiger partial charge >= 0.3 is 18.0 Å². The molecule has 1 heterocycles. The first-order valence-electron chi connectivity index (χ1n) is 11.7. The molecule has 10 heteroatoms. The minimum absolute atomic E-state index is 0.163. The van der Waals surface area contributed by atoms with Crippen molar-refractivity contribution >= 4 is 52.6 Å². The van der Waals surface area contributed by atoms with Crippen molar-refractivity contribution < 1.29 is 19.1 Å². The number of urea groups is 2. The standard InChI is InChI=1S/C26H30Cl2N4O4/c1-5-12-32-16(4)21(24(33)36-14-15(2)3)22(31-26(32)35)17-8-6-9-18(13-17)29-25(34)30-23-19(27)10-7-11-20(23)28/h6-11,13,15,22H,5,12,14H2,1-4H3,(H,31,35)(H2,29,30,34). The Labute approximate surface area is 221 Å². The van der Waals surface area contributed by atoms with Crippen LogP contribution in [0.5, 0.6) is 0 Å². The third kappa shape index (κ3) is 6.50. The van der Waals surface area contributed by atoms with Gasteiger partial charge in [-0.2, -0.15) is 0 Å². The van der Waals surface area contributed by atoms with E-state index in [1.165, 1.54) is 0 Å². The van der Waals surface area contributed by atoms with Crippen LogP contribution in [0.25, 0.3) is 0 Å². The number of anilines is 2. The minimum atomic E-state index is -0.743. The fourth-order valence-corrected chi connectivity index (χ4v) is 4.29. The molecular weight excluding hydrogens is 503 g/mol. The topological polar surface area (TPSA) is 99.8 Å². The number of carbonyl (C=O) groups is 3. The second-order valence-electron chi connectivity index (χ2n) is 8.83. The summed E-state index contributed by atoms with van der Waals surface area (Å²) in [6, 6.07) is 10.2. The van der Waals surface area contributed by atoms with Gasteiger partial charge in [-0.1, -0.05) is 62.2 Å². The second kappa shape index (κ2) is 12.1. The number of halogens is 2. The maximum atomic E-state index is 13.1.